The third-order valence-corrected chi connectivity index (χ3v) is 9.79. The number of alkyl carbamates (subject to hydrolysis) is 1. The van der Waals surface area contributed by atoms with Gasteiger partial charge in [-0.25, -0.2) is 9.59 Å². The van der Waals surface area contributed by atoms with E-state index in [1.165, 1.54) is 0 Å². The summed E-state index contributed by atoms with van der Waals surface area (Å²) in [6.07, 6.45) is 7.99. The molecule has 2 unspecified atom stereocenters. The average Bonchev–Trinajstić information content (AvgIpc) is 3.96. The summed E-state index contributed by atoms with van der Waals surface area (Å²) >= 11 is 0. The van der Waals surface area contributed by atoms with Gasteiger partial charge in [0.05, 0.1) is 39.6 Å². The first-order valence-electron chi connectivity index (χ1n) is 19.4. The van der Waals surface area contributed by atoms with E-state index >= 15 is 0 Å². The van der Waals surface area contributed by atoms with Gasteiger partial charge in [0.1, 0.15) is 0 Å². The number of hydrogen-bond donors (Lipinski definition) is 2. The van der Waals surface area contributed by atoms with Gasteiger partial charge in [-0.1, -0.05) is 5.06 Å². The number of ether oxygens (including phenoxy) is 6. The first-order chi connectivity index (χ1) is 25.9. The fourth-order valence-corrected chi connectivity index (χ4v) is 6.89. The van der Waals surface area contributed by atoms with Gasteiger partial charge in [-0.15, -0.1) is 23.7 Å². The van der Waals surface area contributed by atoms with Crippen LogP contribution >= 0.6 is 0 Å². The standard InChI is InChI=1S/C17H27NO4.C15H17NO5.C7H17NO2/c1-2-20-11-12-21-10-9-18-17(19)22-13-16-14-7-5-3-4-6-8-15(14)16;17-13-7-8-14(18)16(13)21-15(19)20-9-12-10-5-3-1-2-4-6-11(10)12;1-2-9-5-3-6-10-7-4-8/h14-16H,2,5-13H2,1H3,(H,18,19);10-12H,3-9H2;2-8H2,1H3/t14-,15+,16?;10-,11+,12?;. The zero-order valence-corrected chi connectivity index (χ0v) is 31.7. The molecule has 14 heteroatoms. The van der Waals surface area contributed by atoms with Crippen LogP contribution in [0.1, 0.15) is 84.5 Å². The Labute approximate surface area is 315 Å². The molecular weight excluding hydrogens is 686 g/mol. The van der Waals surface area contributed by atoms with Crippen molar-refractivity contribution in [2.24, 2.45) is 41.2 Å². The minimum atomic E-state index is -0.978. The van der Waals surface area contributed by atoms with E-state index in [-0.39, 0.29) is 25.5 Å². The average molecular weight is 748 g/mol. The fourth-order valence-electron chi connectivity index (χ4n) is 6.89. The van der Waals surface area contributed by atoms with Gasteiger partial charge in [-0.05, 0) is 81.5 Å². The van der Waals surface area contributed by atoms with Gasteiger partial charge >= 0.3 is 12.2 Å². The lowest BCUT2D eigenvalue weighted by Crippen LogP contribution is -2.32. The van der Waals surface area contributed by atoms with Gasteiger partial charge in [0.15, 0.2) is 0 Å². The van der Waals surface area contributed by atoms with Crippen LogP contribution in [-0.4, -0.2) is 108 Å². The third kappa shape index (κ3) is 17.5. The Balaban J connectivity index is 0.000000230. The van der Waals surface area contributed by atoms with Gasteiger partial charge in [-0.2, -0.15) is 0 Å². The molecule has 298 valence electrons. The Morgan fingerprint density at radius 2 is 1.15 bits per heavy atom. The van der Waals surface area contributed by atoms with Crippen LogP contribution in [0.2, 0.25) is 0 Å². The summed E-state index contributed by atoms with van der Waals surface area (Å²) in [6.45, 7) is 11.2. The normalized spacial score (nSPS) is 24.8. The van der Waals surface area contributed by atoms with E-state index in [2.05, 4.69) is 33.8 Å². The second kappa shape index (κ2) is 26.4. The van der Waals surface area contributed by atoms with Crippen molar-refractivity contribution >= 4 is 24.1 Å². The fraction of sp³-hybridized carbons (Fsp3) is 0.795. The number of imide groups is 1. The van der Waals surface area contributed by atoms with Crippen LogP contribution in [0.25, 0.3) is 0 Å². The minimum absolute atomic E-state index is 0.0822. The summed E-state index contributed by atoms with van der Waals surface area (Å²) in [5.74, 6) is 15.1. The number of fused-ring (bicyclic) bond motifs is 2. The number of carbonyl (C=O) groups excluding carboxylic acids is 4. The smallest absolute Gasteiger partial charge is 0.449 e. The van der Waals surface area contributed by atoms with Crippen molar-refractivity contribution in [3.05, 3.63) is 0 Å². The summed E-state index contributed by atoms with van der Waals surface area (Å²) < 4.78 is 31.1. The molecule has 5 rings (SSSR count). The molecule has 0 radical (unpaired) electrons. The predicted molar refractivity (Wildman–Crippen MR) is 195 cm³/mol. The summed E-state index contributed by atoms with van der Waals surface area (Å²) in [6, 6.07) is 0. The molecule has 0 spiro atoms. The summed E-state index contributed by atoms with van der Waals surface area (Å²) in [5.41, 5.74) is 5.21. The zero-order chi connectivity index (χ0) is 38.1. The van der Waals surface area contributed by atoms with Gasteiger partial charge < -0.3 is 39.5 Å². The maximum atomic E-state index is 11.6. The van der Waals surface area contributed by atoms with E-state index in [1.807, 2.05) is 13.8 Å². The van der Waals surface area contributed by atoms with Crippen LogP contribution < -0.4 is 11.1 Å². The molecule has 0 aromatic carbocycles. The highest BCUT2D eigenvalue weighted by molar-refractivity contribution is 6.01. The van der Waals surface area contributed by atoms with E-state index in [1.54, 1.807) is 0 Å². The van der Waals surface area contributed by atoms with Crippen molar-refractivity contribution in [1.82, 2.24) is 10.4 Å². The zero-order valence-electron chi connectivity index (χ0n) is 31.7. The lowest BCUT2D eigenvalue weighted by Gasteiger charge is -2.12. The van der Waals surface area contributed by atoms with Crippen molar-refractivity contribution in [1.29, 1.82) is 0 Å². The molecule has 1 saturated heterocycles. The lowest BCUT2D eigenvalue weighted by molar-refractivity contribution is -0.177. The van der Waals surface area contributed by atoms with E-state index < -0.39 is 18.0 Å². The highest BCUT2D eigenvalue weighted by Gasteiger charge is 2.50. The maximum absolute atomic E-state index is 11.6. The van der Waals surface area contributed by atoms with Crippen molar-refractivity contribution < 1.29 is 52.4 Å². The second-order valence-electron chi connectivity index (χ2n) is 13.4. The third-order valence-electron chi connectivity index (χ3n) is 9.79. The topological polar surface area (TPSA) is 174 Å². The molecule has 3 amide bonds. The second-order valence-corrected chi connectivity index (χ2v) is 13.4. The number of amides is 3. The number of rotatable bonds is 19. The van der Waals surface area contributed by atoms with E-state index in [0.717, 1.165) is 77.6 Å². The summed E-state index contributed by atoms with van der Waals surface area (Å²) in [4.78, 5) is 50.4. The van der Waals surface area contributed by atoms with Crippen LogP contribution in [0.3, 0.4) is 0 Å². The number of nitrogens with two attached hydrogens (primary N) is 1. The van der Waals surface area contributed by atoms with E-state index in [9.17, 15) is 19.2 Å². The van der Waals surface area contributed by atoms with Crippen LogP contribution in [0.4, 0.5) is 9.59 Å². The monoisotopic (exact) mass is 747 g/mol. The molecule has 0 aromatic rings. The van der Waals surface area contributed by atoms with Gasteiger partial charge in [-0.3, -0.25) is 14.4 Å². The largest absolute Gasteiger partial charge is 0.533 e. The van der Waals surface area contributed by atoms with Crippen molar-refractivity contribution in [3.63, 3.8) is 0 Å². The predicted octanol–water partition coefficient (Wildman–Crippen LogP) is 4.24. The Kier molecular flexibility index (Phi) is 21.9. The molecule has 2 saturated carbocycles. The quantitative estimate of drug-likeness (QED) is 0.0834. The maximum Gasteiger partial charge on any atom is 0.533 e. The SMILES string of the molecule is CCOCCCOCCN.CCOCCOCCNC(=O)OCC1[C@H]2CCC#CCC[C@@H]12.O=C(OCC1[C@H]2CCC#CCC[C@@H]12)ON1C(=O)CCC1=O. The summed E-state index contributed by atoms with van der Waals surface area (Å²) in [7, 11) is 0. The first-order valence-corrected chi connectivity index (χ1v) is 19.4. The number of nitrogens with zero attached hydrogens (tertiary/aromatic N) is 1. The molecular formula is C39H61N3O11. The van der Waals surface area contributed by atoms with Gasteiger partial charge in [0, 0.05) is 78.0 Å². The highest BCUT2D eigenvalue weighted by atomic mass is 16.8. The number of hydrogen-bond acceptors (Lipinski definition) is 12. The van der Waals surface area contributed by atoms with Gasteiger partial charge in [0.25, 0.3) is 11.8 Å². The number of carbonyl (C=O) groups is 4. The molecule has 0 aromatic heterocycles. The van der Waals surface area contributed by atoms with Crippen molar-refractivity contribution in [2.45, 2.75) is 84.5 Å². The van der Waals surface area contributed by atoms with Crippen LogP contribution in [0, 0.1) is 59.2 Å². The molecule has 0 bridgehead atoms. The van der Waals surface area contributed by atoms with Crippen LogP contribution in [0.15, 0.2) is 0 Å². The number of nitrogens with one attached hydrogen (secondary N) is 1. The Morgan fingerprint density at radius 1 is 0.679 bits per heavy atom. The number of hydroxylamine groups is 2. The molecule has 4 aliphatic carbocycles. The Bertz CT molecular complexity index is 1180. The summed E-state index contributed by atoms with van der Waals surface area (Å²) in [5, 5.41) is 3.22. The van der Waals surface area contributed by atoms with Crippen molar-refractivity contribution in [3.8, 4) is 23.7 Å². The molecule has 3 fully saturated rings. The van der Waals surface area contributed by atoms with Crippen molar-refractivity contribution in [2.75, 3.05) is 79.2 Å². The van der Waals surface area contributed by atoms with Crippen LogP contribution in [0.5, 0.6) is 0 Å². The minimum Gasteiger partial charge on any atom is -0.449 e. The molecule has 1 heterocycles. The van der Waals surface area contributed by atoms with Crippen LogP contribution in [-0.2, 0) is 42.8 Å². The van der Waals surface area contributed by atoms with E-state index in [4.69, 9.17) is 34.2 Å². The molecule has 6 atom stereocenters. The Morgan fingerprint density at radius 3 is 1.68 bits per heavy atom. The highest BCUT2D eigenvalue weighted by Crippen LogP contribution is 2.53. The molecule has 3 N–H and O–H groups in total. The van der Waals surface area contributed by atoms with Gasteiger partial charge in [0.2, 0.25) is 0 Å². The molecule has 14 nitrogen and oxygen atoms in total. The molecule has 53 heavy (non-hydrogen) atoms. The Hall–Kier alpha value is -3.40. The molecule has 1 aliphatic heterocycles. The van der Waals surface area contributed by atoms with E-state index in [0.29, 0.717) is 93.3 Å². The lowest BCUT2D eigenvalue weighted by atomic mass is 10.1. The molecule has 5 aliphatic rings. The first kappa shape index (κ1) is 44.0.